The lowest BCUT2D eigenvalue weighted by Gasteiger charge is -2.13. The highest BCUT2D eigenvalue weighted by Crippen LogP contribution is 2.22. The molecule has 0 bridgehead atoms. The second-order valence-corrected chi connectivity index (χ2v) is 6.94. The summed E-state index contributed by atoms with van der Waals surface area (Å²) < 4.78 is 3.36. The number of carbonyl (C=O) groups is 1. The molecule has 1 atom stereocenters. The van der Waals surface area contributed by atoms with Crippen LogP contribution in [0.3, 0.4) is 0 Å². The van der Waals surface area contributed by atoms with Crippen molar-refractivity contribution in [2.45, 2.75) is 33.4 Å². The number of rotatable bonds is 5. The highest BCUT2D eigenvalue weighted by molar-refractivity contribution is 6.31. The van der Waals surface area contributed by atoms with Crippen LogP contribution in [0, 0.1) is 13.8 Å². The van der Waals surface area contributed by atoms with E-state index in [-0.39, 0.29) is 5.91 Å². The van der Waals surface area contributed by atoms with Crippen molar-refractivity contribution in [2.75, 3.05) is 5.32 Å². The van der Waals surface area contributed by atoms with Crippen molar-refractivity contribution in [1.82, 2.24) is 19.6 Å². The van der Waals surface area contributed by atoms with Crippen LogP contribution in [0.25, 0.3) is 0 Å². The summed E-state index contributed by atoms with van der Waals surface area (Å²) in [7, 11) is 0. The molecule has 26 heavy (non-hydrogen) atoms. The number of nitrogens with one attached hydrogen (secondary N) is 1. The number of aryl methyl sites for hydroxylation is 1. The number of carbonyl (C=O) groups excluding carboxylic acids is 1. The monoisotopic (exact) mass is 391 g/mol. The van der Waals surface area contributed by atoms with Gasteiger partial charge in [-0.2, -0.15) is 10.2 Å². The van der Waals surface area contributed by atoms with E-state index in [0.717, 1.165) is 11.3 Å². The molecule has 0 aliphatic carbocycles. The fraction of sp³-hybridized carbons (Fsp3) is 0.278. The van der Waals surface area contributed by atoms with Gasteiger partial charge >= 0.3 is 0 Å². The Kier molecular flexibility index (Phi) is 5.34. The lowest BCUT2D eigenvalue weighted by molar-refractivity contribution is -0.119. The van der Waals surface area contributed by atoms with E-state index >= 15 is 0 Å². The molecule has 0 aliphatic heterocycles. The van der Waals surface area contributed by atoms with Gasteiger partial charge in [-0.15, -0.1) is 0 Å². The van der Waals surface area contributed by atoms with Crippen molar-refractivity contribution < 1.29 is 4.79 Å². The third-order valence-electron chi connectivity index (χ3n) is 4.11. The Morgan fingerprint density at radius 3 is 2.65 bits per heavy atom. The maximum Gasteiger partial charge on any atom is 0.250 e. The van der Waals surface area contributed by atoms with Crippen molar-refractivity contribution in [1.29, 1.82) is 0 Å². The van der Waals surface area contributed by atoms with E-state index in [1.54, 1.807) is 28.6 Å². The summed E-state index contributed by atoms with van der Waals surface area (Å²) in [5.74, 6) is 0.275. The quantitative estimate of drug-likeness (QED) is 0.706. The Balaban J connectivity index is 1.68. The van der Waals surface area contributed by atoms with Crippen molar-refractivity contribution in [3.8, 4) is 0 Å². The number of hydrogen-bond acceptors (Lipinski definition) is 3. The van der Waals surface area contributed by atoms with E-state index in [4.69, 9.17) is 23.2 Å². The fourth-order valence-corrected chi connectivity index (χ4v) is 3.04. The maximum atomic E-state index is 12.5. The number of aromatic nitrogens is 4. The molecule has 1 unspecified atom stereocenters. The Bertz CT molecular complexity index is 947. The van der Waals surface area contributed by atoms with Gasteiger partial charge in [0.05, 0.1) is 23.0 Å². The van der Waals surface area contributed by atoms with Gasteiger partial charge in [0.25, 0.3) is 0 Å². The molecule has 0 aliphatic rings. The SMILES string of the molecule is Cc1nn(C(C)C(=O)Nc2ccn(Cc3cccc(Cl)c3)n2)c(C)c1Cl. The van der Waals surface area contributed by atoms with Crippen LogP contribution in [-0.2, 0) is 11.3 Å². The zero-order chi connectivity index (χ0) is 18.8. The second-order valence-electron chi connectivity index (χ2n) is 6.12. The summed E-state index contributed by atoms with van der Waals surface area (Å²) >= 11 is 12.2. The first-order chi connectivity index (χ1) is 12.3. The van der Waals surface area contributed by atoms with Crippen LogP contribution in [0.4, 0.5) is 5.82 Å². The molecule has 0 radical (unpaired) electrons. The number of benzene rings is 1. The van der Waals surface area contributed by atoms with E-state index in [2.05, 4.69) is 15.5 Å². The van der Waals surface area contributed by atoms with E-state index in [9.17, 15) is 4.79 Å². The number of anilines is 1. The average molecular weight is 392 g/mol. The molecule has 2 aromatic heterocycles. The van der Waals surface area contributed by atoms with Gasteiger partial charge in [0, 0.05) is 17.3 Å². The summed E-state index contributed by atoms with van der Waals surface area (Å²) in [6.07, 6.45) is 1.81. The molecular weight excluding hydrogens is 373 g/mol. The number of halogens is 2. The number of hydrogen-bond donors (Lipinski definition) is 1. The number of amides is 1. The van der Waals surface area contributed by atoms with E-state index in [1.165, 1.54) is 0 Å². The lowest BCUT2D eigenvalue weighted by atomic mass is 10.2. The molecular formula is C18H19Cl2N5O. The minimum Gasteiger partial charge on any atom is -0.307 e. The Labute approximate surface area is 161 Å². The molecule has 3 aromatic rings. The van der Waals surface area contributed by atoms with Crippen molar-refractivity contribution >= 4 is 34.9 Å². The van der Waals surface area contributed by atoms with Crippen molar-refractivity contribution in [3.05, 3.63) is 63.5 Å². The zero-order valence-electron chi connectivity index (χ0n) is 14.7. The molecule has 8 heteroatoms. The molecule has 136 valence electrons. The first-order valence-electron chi connectivity index (χ1n) is 8.15. The first kappa shape index (κ1) is 18.5. The smallest absolute Gasteiger partial charge is 0.250 e. The molecule has 2 heterocycles. The second kappa shape index (κ2) is 7.51. The van der Waals surface area contributed by atoms with Crippen LogP contribution in [0.2, 0.25) is 10.0 Å². The van der Waals surface area contributed by atoms with Gasteiger partial charge in [0.1, 0.15) is 6.04 Å². The van der Waals surface area contributed by atoms with Gasteiger partial charge in [0.15, 0.2) is 5.82 Å². The van der Waals surface area contributed by atoms with E-state index < -0.39 is 6.04 Å². The van der Waals surface area contributed by atoms with Crippen molar-refractivity contribution in [3.63, 3.8) is 0 Å². The van der Waals surface area contributed by atoms with Gasteiger partial charge in [0.2, 0.25) is 5.91 Å². The highest BCUT2D eigenvalue weighted by Gasteiger charge is 2.21. The maximum absolute atomic E-state index is 12.5. The lowest BCUT2D eigenvalue weighted by Crippen LogP contribution is -2.25. The third-order valence-corrected chi connectivity index (χ3v) is 4.89. The summed E-state index contributed by atoms with van der Waals surface area (Å²) in [6, 6.07) is 8.83. The summed E-state index contributed by atoms with van der Waals surface area (Å²) in [5.41, 5.74) is 2.50. The fourth-order valence-electron chi connectivity index (χ4n) is 2.70. The zero-order valence-corrected chi connectivity index (χ0v) is 16.2. The summed E-state index contributed by atoms with van der Waals surface area (Å²) in [6.45, 7) is 5.99. The normalized spacial score (nSPS) is 12.2. The largest absolute Gasteiger partial charge is 0.307 e. The Hall–Kier alpha value is -2.31. The van der Waals surface area contributed by atoms with Gasteiger partial charge in [-0.1, -0.05) is 35.3 Å². The average Bonchev–Trinajstić information content (AvgIpc) is 3.13. The molecule has 0 saturated heterocycles. The van der Waals surface area contributed by atoms with Crippen LogP contribution >= 0.6 is 23.2 Å². The van der Waals surface area contributed by atoms with Crippen LogP contribution in [0.1, 0.15) is 29.9 Å². The van der Waals surface area contributed by atoms with E-state index in [0.29, 0.717) is 28.1 Å². The molecule has 0 fully saturated rings. The molecule has 1 aromatic carbocycles. The Morgan fingerprint density at radius 2 is 2.00 bits per heavy atom. The van der Waals surface area contributed by atoms with Crippen LogP contribution in [0.5, 0.6) is 0 Å². The van der Waals surface area contributed by atoms with Gasteiger partial charge in [-0.3, -0.25) is 14.2 Å². The molecule has 3 rings (SSSR count). The highest BCUT2D eigenvalue weighted by atomic mass is 35.5. The molecule has 0 spiro atoms. The minimum absolute atomic E-state index is 0.208. The van der Waals surface area contributed by atoms with Gasteiger partial charge in [-0.05, 0) is 38.5 Å². The standard InChI is InChI=1S/C18H19Cl2N5O/c1-11-17(20)12(2)25(22-11)13(3)18(26)21-16-7-8-24(23-16)10-14-5-4-6-15(19)9-14/h4-9,13H,10H2,1-3H3,(H,21,23,26). The predicted octanol–water partition coefficient (Wildman–Crippen LogP) is 4.25. The molecule has 1 amide bonds. The Morgan fingerprint density at radius 1 is 1.23 bits per heavy atom. The van der Waals surface area contributed by atoms with E-state index in [1.807, 2.05) is 38.1 Å². The van der Waals surface area contributed by atoms with Crippen molar-refractivity contribution in [2.24, 2.45) is 0 Å². The summed E-state index contributed by atoms with van der Waals surface area (Å²) in [4.78, 5) is 12.5. The van der Waals surface area contributed by atoms with Gasteiger partial charge < -0.3 is 5.32 Å². The third kappa shape index (κ3) is 3.92. The molecule has 6 nitrogen and oxygen atoms in total. The molecule has 1 N–H and O–H groups in total. The van der Waals surface area contributed by atoms with Gasteiger partial charge in [-0.25, -0.2) is 0 Å². The number of nitrogens with zero attached hydrogens (tertiary/aromatic N) is 4. The first-order valence-corrected chi connectivity index (χ1v) is 8.90. The van der Waals surface area contributed by atoms with Crippen LogP contribution < -0.4 is 5.32 Å². The van der Waals surface area contributed by atoms with Crippen LogP contribution in [0.15, 0.2) is 36.5 Å². The summed E-state index contributed by atoms with van der Waals surface area (Å²) in [5, 5.41) is 12.8. The van der Waals surface area contributed by atoms with Crippen LogP contribution in [-0.4, -0.2) is 25.5 Å². The topological polar surface area (TPSA) is 64.7 Å². The predicted molar refractivity (Wildman–Crippen MR) is 103 cm³/mol. The minimum atomic E-state index is -0.501. The molecule has 0 saturated carbocycles.